The SMILES string of the molecule is COC(=O)[C@H](CNC(=O)Nc1ccccc1)NC(=O)[C@@H](NC(=O)OC1CCCC1)C(C)(C)C. The fraction of sp³-hybridized carbons (Fsp3) is 0.565. The van der Waals surface area contributed by atoms with Crippen LogP contribution < -0.4 is 21.3 Å². The predicted molar refractivity (Wildman–Crippen MR) is 123 cm³/mol. The van der Waals surface area contributed by atoms with Gasteiger partial charge in [-0.05, 0) is 43.2 Å². The quantitative estimate of drug-likeness (QED) is 0.439. The van der Waals surface area contributed by atoms with Crippen LogP contribution in [0, 0.1) is 5.41 Å². The van der Waals surface area contributed by atoms with E-state index in [4.69, 9.17) is 9.47 Å². The van der Waals surface area contributed by atoms with E-state index in [9.17, 15) is 19.2 Å². The summed E-state index contributed by atoms with van der Waals surface area (Å²) in [4.78, 5) is 49.7. The van der Waals surface area contributed by atoms with Crippen LogP contribution in [-0.4, -0.2) is 55.8 Å². The fourth-order valence-electron chi connectivity index (χ4n) is 3.47. The number of hydrogen-bond donors (Lipinski definition) is 4. The second kappa shape index (κ2) is 12.1. The second-order valence-corrected chi connectivity index (χ2v) is 9.04. The first-order valence-electron chi connectivity index (χ1n) is 11.1. The summed E-state index contributed by atoms with van der Waals surface area (Å²) in [7, 11) is 1.18. The lowest BCUT2D eigenvalue weighted by Crippen LogP contribution is -2.59. The monoisotopic (exact) mass is 462 g/mol. The van der Waals surface area contributed by atoms with Gasteiger partial charge in [-0.1, -0.05) is 39.0 Å². The Morgan fingerprint density at radius 2 is 1.67 bits per heavy atom. The maximum absolute atomic E-state index is 13.0. The number of rotatable bonds is 8. The van der Waals surface area contributed by atoms with Crippen molar-refractivity contribution in [3.8, 4) is 0 Å². The maximum Gasteiger partial charge on any atom is 0.408 e. The Kier molecular flexibility index (Phi) is 9.50. The van der Waals surface area contributed by atoms with Crippen LogP contribution in [0.3, 0.4) is 0 Å². The number of alkyl carbamates (subject to hydrolysis) is 1. The molecule has 0 aromatic heterocycles. The van der Waals surface area contributed by atoms with Crippen molar-refractivity contribution >= 4 is 29.7 Å². The first-order valence-corrected chi connectivity index (χ1v) is 11.1. The van der Waals surface area contributed by atoms with Gasteiger partial charge >= 0.3 is 18.1 Å². The number of hydrogen-bond acceptors (Lipinski definition) is 6. The summed E-state index contributed by atoms with van der Waals surface area (Å²) in [5.41, 5.74) is -0.0937. The Bertz CT molecular complexity index is 818. The number of ether oxygens (including phenoxy) is 2. The van der Waals surface area contributed by atoms with Gasteiger partial charge in [0.25, 0.3) is 0 Å². The summed E-state index contributed by atoms with van der Waals surface area (Å²) in [5.74, 6) is -1.32. The van der Waals surface area contributed by atoms with Crippen LogP contribution in [0.25, 0.3) is 0 Å². The van der Waals surface area contributed by atoms with Crippen molar-refractivity contribution < 1.29 is 28.7 Å². The zero-order valence-electron chi connectivity index (χ0n) is 19.6. The highest BCUT2D eigenvalue weighted by molar-refractivity contribution is 5.92. The normalized spacial score (nSPS) is 15.6. The van der Waals surface area contributed by atoms with Crippen LogP contribution in [0.4, 0.5) is 15.3 Å². The van der Waals surface area contributed by atoms with Gasteiger partial charge in [-0.25, -0.2) is 14.4 Å². The Morgan fingerprint density at radius 3 is 2.24 bits per heavy atom. The number of urea groups is 1. The van der Waals surface area contributed by atoms with Crippen LogP contribution in [0.1, 0.15) is 46.5 Å². The molecular weight excluding hydrogens is 428 g/mol. The van der Waals surface area contributed by atoms with E-state index in [0.717, 1.165) is 25.7 Å². The number of nitrogens with one attached hydrogen (secondary N) is 4. The smallest absolute Gasteiger partial charge is 0.408 e. The Balaban J connectivity index is 1.98. The third-order valence-electron chi connectivity index (χ3n) is 5.27. The van der Waals surface area contributed by atoms with E-state index in [2.05, 4.69) is 21.3 Å². The molecule has 0 aliphatic heterocycles. The van der Waals surface area contributed by atoms with E-state index in [1.165, 1.54) is 7.11 Å². The number of carbonyl (C=O) groups excluding carboxylic acids is 4. The predicted octanol–water partition coefficient (Wildman–Crippen LogP) is 2.55. The number of para-hydroxylation sites is 1. The highest BCUT2D eigenvalue weighted by Gasteiger charge is 2.36. The molecule has 4 N–H and O–H groups in total. The van der Waals surface area contributed by atoms with Gasteiger partial charge in [0.15, 0.2) is 0 Å². The summed E-state index contributed by atoms with van der Waals surface area (Å²) >= 11 is 0. The van der Waals surface area contributed by atoms with Crippen molar-refractivity contribution in [2.45, 2.75) is 64.6 Å². The van der Waals surface area contributed by atoms with Crippen LogP contribution >= 0.6 is 0 Å². The zero-order valence-corrected chi connectivity index (χ0v) is 19.6. The lowest BCUT2D eigenvalue weighted by molar-refractivity contribution is -0.145. The number of anilines is 1. The molecule has 1 fully saturated rings. The van der Waals surface area contributed by atoms with Crippen LogP contribution in [0.15, 0.2) is 30.3 Å². The Labute approximate surface area is 194 Å². The number of benzene rings is 1. The van der Waals surface area contributed by atoms with E-state index >= 15 is 0 Å². The molecule has 0 spiro atoms. The Morgan fingerprint density at radius 1 is 1.03 bits per heavy atom. The van der Waals surface area contributed by atoms with E-state index < -0.39 is 41.5 Å². The third kappa shape index (κ3) is 8.63. The van der Waals surface area contributed by atoms with Crippen molar-refractivity contribution in [3.05, 3.63) is 30.3 Å². The summed E-state index contributed by atoms with van der Waals surface area (Å²) in [5, 5.41) is 10.4. The molecule has 0 unspecified atom stereocenters. The molecule has 1 aliphatic rings. The lowest BCUT2D eigenvalue weighted by atomic mass is 9.86. The summed E-state index contributed by atoms with van der Waals surface area (Å²) in [6.45, 7) is 5.14. The van der Waals surface area contributed by atoms with Crippen molar-refractivity contribution in [2.75, 3.05) is 19.0 Å². The highest BCUT2D eigenvalue weighted by Crippen LogP contribution is 2.23. The van der Waals surface area contributed by atoms with E-state index in [-0.39, 0.29) is 12.6 Å². The van der Waals surface area contributed by atoms with Gasteiger partial charge in [0.2, 0.25) is 5.91 Å². The average Bonchev–Trinajstić information content (AvgIpc) is 3.27. The largest absolute Gasteiger partial charge is 0.467 e. The van der Waals surface area contributed by atoms with Gasteiger partial charge in [-0.3, -0.25) is 4.79 Å². The van der Waals surface area contributed by atoms with Gasteiger partial charge in [-0.2, -0.15) is 0 Å². The van der Waals surface area contributed by atoms with Gasteiger partial charge in [0.1, 0.15) is 18.2 Å². The van der Waals surface area contributed by atoms with Crippen molar-refractivity contribution in [1.82, 2.24) is 16.0 Å². The third-order valence-corrected chi connectivity index (χ3v) is 5.27. The molecule has 0 radical (unpaired) electrons. The average molecular weight is 463 g/mol. The molecule has 10 heteroatoms. The molecule has 4 amide bonds. The summed E-state index contributed by atoms with van der Waals surface area (Å²) < 4.78 is 10.2. The number of esters is 1. The first-order chi connectivity index (χ1) is 15.6. The standard InChI is InChI=1S/C23H34N4O6/c1-23(2,3)18(27-22(31)33-16-12-8-9-13-16)19(28)26-17(20(29)32-4)14-24-21(30)25-15-10-6-5-7-11-15/h5-7,10-11,16-18H,8-9,12-14H2,1-4H3,(H,26,28)(H,27,31)(H2,24,25,30)/t17-,18+/m0/s1. The summed E-state index contributed by atoms with van der Waals surface area (Å²) in [6.07, 6.45) is 2.80. The zero-order chi connectivity index (χ0) is 24.4. The van der Waals surface area contributed by atoms with E-state index in [0.29, 0.717) is 5.69 Å². The minimum Gasteiger partial charge on any atom is -0.467 e. The molecule has 33 heavy (non-hydrogen) atoms. The van der Waals surface area contributed by atoms with Crippen LogP contribution in [0.2, 0.25) is 0 Å². The topological polar surface area (TPSA) is 135 Å². The van der Waals surface area contributed by atoms with Crippen molar-refractivity contribution in [1.29, 1.82) is 0 Å². The lowest BCUT2D eigenvalue weighted by Gasteiger charge is -2.31. The number of amides is 4. The molecule has 1 aliphatic carbocycles. The summed E-state index contributed by atoms with van der Waals surface area (Å²) in [6, 6.07) is 6.10. The maximum atomic E-state index is 13.0. The van der Waals surface area contributed by atoms with Gasteiger partial charge in [0.05, 0.1) is 13.7 Å². The Hall–Kier alpha value is -3.30. The van der Waals surface area contributed by atoms with E-state index in [1.807, 2.05) is 6.07 Å². The first kappa shape index (κ1) is 26.0. The number of methoxy groups -OCH3 is 1. The van der Waals surface area contributed by atoms with Crippen LogP contribution in [-0.2, 0) is 19.1 Å². The van der Waals surface area contributed by atoms with Gasteiger partial charge in [-0.15, -0.1) is 0 Å². The van der Waals surface area contributed by atoms with Gasteiger partial charge in [0, 0.05) is 5.69 Å². The van der Waals surface area contributed by atoms with Crippen LogP contribution in [0.5, 0.6) is 0 Å². The molecular formula is C23H34N4O6. The number of carbonyl (C=O) groups is 4. The van der Waals surface area contributed by atoms with Gasteiger partial charge < -0.3 is 30.7 Å². The molecule has 182 valence electrons. The van der Waals surface area contributed by atoms with Crippen molar-refractivity contribution in [3.63, 3.8) is 0 Å². The second-order valence-electron chi connectivity index (χ2n) is 9.04. The molecule has 10 nitrogen and oxygen atoms in total. The minimum absolute atomic E-state index is 0.149. The molecule has 1 aromatic rings. The molecule has 1 saturated carbocycles. The fourth-order valence-corrected chi connectivity index (χ4v) is 3.47. The highest BCUT2D eigenvalue weighted by atomic mass is 16.6. The molecule has 0 bridgehead atoms. The molecule has 1 aromatic carbocycles. The van der Waals surface area contributed by atoms with E-state index in [1.54, 1.807) is 45.0 Å². The minimum atomic E-state index is -1.15. The molecule has 2 rings (SSSR count). The molecule has 2 atom stereocenters. The molecule has 0 saturated heterocycles. The van der Waals surface area contributed by atoms with Crippen molar-refractivity contribution in [2.24, 2.45) is 5.41 Å². The molecule has 0 heterocycles.